The van der Waals surface area contributed by atoms with E-state index >= 15 is 0 Å². The van der Waals surface area contributed by atoms with E-state index in [2.05, 4.69) is 17.3 Å². The van der Waals surface area contributed by atoms with Crippen molar-refractivity contribution >= 4 is 18.0 Å². The Kier molecular flexibility index (Phi) is 14.6. The standard InChI is InChI=1S/C27H45N3O6/c1-27(2,3)36-26(33)30(5)20-19-29(4)18-14-10-8-7-9-13-17-28-24(31)21-35-23-16-12-11-15-22(23)25(32)34-6/h11-12,15-16H,7-10,13-14,17-21H2,1-6H3,(H,28,31). The first-order valence-corrected chi connectivity index (χ1v) is 12.7. The smallest absolute Gasteiger partial charge is 0.410 e. The first-order chi connectivity index (χ1) is 17.0. The molecule has 0 aliphatic heterocycles. The van der Waals surface area contributed by atoms with Crippen LogP contribution in [-0.4, -0.2) is 87.4 Å². The third-order valence-electron chi connectivity index (χ3n) is 5.46. The molecule has 204 valence electrons. The average Bonchev–Trinajstić information content (AvgIpc) is 2.83. The van der Waals surface area contributed by atoms with Crippen molar-refractivity contribution in [2.45, 2.75) is 64.9 Å². The average molecular weight is 508 g/mol. The summed E-state index contributed by atoms with van der Waals surface area (Å²) in [6, 6.07) is 6.69. The molecule has 0 unspecified atom stereocenters. The molecule has 2 amide bonds. The minimum atomic E-state index is -0.497. The van der Waals surface area contributed by atoms with Crippen LogP contribution in [0.1, 0.15) is 69.7 Å². The minimum absolute atomic E-state index is 0.144. The predicted octanol–water partition coefficient (Wildman–Crippen LogP) is 4.11. The number of hydrogen-bond donors (Lipinski definition) is 1. The number of nitrogens with one attached hydrogen (secondary N) is 1. The number of nitrogens with zero attached hydrogens (tertiary/aromatic N) is 2. The molecule has 9 heteroatoms. The number of amides is 2. The maximum absolute atomic E-state index is 12.0. The molecule has 1 aromatic carbocycles. The van der Waals surface area contributed by atoms with Crippen molar-refractivity contribution in [2.24, 2.45) is 0 Å². The molecule has 0 heterocycles. The summed E-state index contributed by atoms with van der Waals surface area (Å²) in [4.78, 5) is 39.6. The van der Waals surface area contributed by atoms with E-state index in [9.17, 15) is 14.4 Å². The molecule has 0 radical (unpaired) electrons. The molecule has 0 saturated heterocycles. The van der Waals surface area contributed by atoms with Crippen molar-refractivity contribution in [3.63, 3.8) is 0 Å². The molecule has 36 heavy (non-hydrogen) atoms. The molecule has 0 aliphatic carbocycles. The highest BCUT2D eigenvalue weighted by Gasteiger charge is 2.19. The van der Waals surface area contributed by atoms with Crippen molar-refractivity contribution in [1.82, 2.24) is 15.1 Å². The molecule has 0 fully saturated rings. The summed E-state index contributed by atoms with van der Waals surface area (Å²) >= 11 is 0. The van der Waals surface area contributed by atoms with Gasteiger partial charge in [0.15, 0.2) is 6.61 Å². The zero-order chi connectivity index (χ0) is 27.0. The van der Waals surface area contributed by atoms with Gasteiger partial charge < -0.3 is 29.3 Å². The normalized spacial score (nSPS) is 11.2. The molecule has 9 nitrogen and oxygen atoms in total. The first kappa shape index (κ1) is 31.2. The van der Waals surface area contributed by atoms with Crippen LogP contribution in [0, 0.1) is 0 Å². The number of carbonyl (C=O) groups is 3. The quantitative estimate of drug-likeness (QED) is 0.266. The van der Waals surface area contributed by atoms with Gasteiger partial charge in [0.25, 0.3) is 5.91 Å². The summed E-state index contributed by atoms with van der Waals surface area (Å²) in [5.41, 5.74) is -0.177. The topological polar surface area (TPSA) is 97.4 Å². The van der Waals surface area contributed by atoms with Gasteiger partial charge in [-0.2, -0.15) is 0 Å². The number of hydrogen-bond acceptors (Lipinski definition) is 7. The number of para-hydroxylation sites is 1. The van der Waals surface area contributed by atoms with E-state index in [1.165, 1.54) is 7.11 Å². The Balaban J connectivity index is 2.04. The van der Waals surface area contributed by atoms with Crippen molar-refractivity contribution < 1.29 is 28.6 Å². The van der Waals surface area contributed by atoms with Crippen LogP contribution in [0.25, 0.3) is 0 Å². The third-order valence-corrected chi connectivity index (χ3v) is 5.46. The van der Waals surface area contributed by atoms with Crippen LogP contribution in [-0.2, 0) is 14.3 Å². The fourth-order valence-electron chi connectivity index (χ4n) is 3.37. The van der Waals surface area contributed by atoms with Crippen molar-refractivity contribution in [3.8, 4) is 5.75 Å². The van der Waals surface area contributed by atoms with E-state index in [1.54, 1.807) is 36.2 Å². The Labute approximate surface area is 216 Å². The summed E-state index contributed by atoms with van der Waals surface area (Å²) in [5, 5.41) is 2.85. The molecular formula is C27H45N3O6. The summed E-state index contributed by atoms with van der Waals surface area (Å²) in [7, 11) is 5.14. The van der Waals surface area contributed by atoms with Gasteiger partial charge in [0.1, 0.15) is 16.9 Å². The van der Waals surface area contributed by atoms with Gasteiger partial charge in [-0.25, -0.2) is 9.59 Å². The summed E-state index contributed by atoms with van der Waals surface area (Å²) < 4.78 is 15.6. The largest absolute Gasteiger partial charge is 0.483 e. The second-order valence-electron chi connectivity index (χ2n) is 9.95. The fourth-order valence-corrected chi connectivity index (χ4v) is 3.37. The lowest BCUT2D eigenvalue weighted by atomic mass is 10.1. The molecule has 0 atom stereocenters. The van der Waals surface area contributed by atoms with E-state index in [0.29, 0.717) is 24.4 Å². The van der Waals surface area contributed by atoms with Crippen LogP contribution in [0.5, 0.6) is 5.75 Å². The van der Waals surface area contributed by atoms with Gasteiger partial charge >= 0.3 is 12.1 Å². The summed E-state index contributed by atoms with van der Waals surface area (Å²) in [6.07, 6.45) is 6.25. The summed E-state index contributed by atoms with van der Waals surface area (Å²) in [6.45, 7) is 8.52. The Morgan fingerprint density at radius 2 is 1.53 bits per heavy atom. The Bertz CT molecular complexity index is 809. The highest BCUT2D eigenvalue weighted by atomic mass is 16.6. The van der Waals surface area contributed by atoms with Crippen molar-refractivity contribution in [3.05, 3.63) is 29.8 Å². The van der Waals surface area contributed by atoms with Gasteiger partial charge in [0.05, 0.1) is 7.11 Å². The molecule has 0 saturated carbocycles. The van der Waals surface area contributed by atoms with Gasteiger partial charge in [0, 0.05) is 26.7 Å². The second-order valence-corrected chi connectivity index (χ2v) is 9.95. The summed E-state index contributed by atoms with van der Waals surface area (Å²) in [5.74, 6) is -0.376. The van der Waals surface area contributed by atoms with E-state index in [1.807, 2.05) is 20.8 Å². The predicted molar refractivity (Wildman–Crippen MR) is 140 cm³/mol. The zero-order valence-electron chi connectivity index (χ0n) is 22.9. The Morgan fingerprint density at radius 3 is 2.19 bits per heavy atom. The van der Waals surface area contributed by atoms with E-state index in [4.69, 9.17) is 14.2 Å². The second kappa shape index (κ2) is 16.8. The first-order valence-electron chi connectivity index (χ1n) is 12.7. The molecule has 1 aromatic rings. The lowest BCUT2D eigenvalue weighted by Crippen LogP contribution is -2.38. The maximum Gasteiger partial charge on any atom is 0.410 e. The molecule has 0 aliphatic rings. The minimum Gasteiger partial charge on any atom is -0.483 e. The molecule has 0 bridgehead atoms. The lowest BCUT2D eigenvalue weighted by molar-refractivity contribution is -0.123. The SMILES string of the molecule is COC(=O)c1ccccc1OCC(=O)NCCCCCCCCN(C)CCN(C)C(=O)OC(C)(C)C. The molecule has 0 spiro atoms. The number of benzene rings is 1. The fraction of sp³-hybridized carbons (Fsp3) is 0.667. The van der Waals surface area contributed by atoms with Crippen LogP contribution < -0.4 is 10.1 Å². The van der Waals surface area contributed by atoms with Crippen LogP contribution in [0.2, 0.25) is 0 Å². The monoisotopic (exact) mass is 507 g/mol. The lowest BCUT2D eigenvalue weighted by Gasteiger charge is -2.26. The number of ether oxygens (including phenoxy) is 3. The van der Waals surface area contributed by atoms with Crippen molar-refractivity contribution in [2.75, 3.05) is 54.0 Å². The highest BCUT2D eigenvalue weighted by Crippen LogP contribution is 2.18. The molecule has 0 aromatic heterocycles. The van der Waals surface area contributed by atoms with Gasteiger partial charge in [-0.3, -0.25) is 4.79 Å². The zero-order valence-corrected chi connectivity index (χ0v) is 22.9. The number of rotatable bonds is 16. The van der Waals surface area contributed by atoms with Crippen LogP contribution >= 0.6 is 0 Å². The van der Waals surface area contributed by atoms with Gasteiger partial charge in [-0.15, -0.1) is 0 Å². The molecule has 1 N–H and O–H groups in total. The van der Waals surface area contributed by atoms with E-state index < -0.39 is 11.6 Å². The van der Waals surface area contributed by atoms with Gasteiger partial charge in [-0.1, -0.05) is 37.8 Å². The van der Waals surface area contributed by atoms with E-state index in [0.717, 1.165) is 51.6 Å². The molecule has 1 rings (SSSR count). The van der Waals surface area contributed by atoms with E-state index in [-0.39, 0.29) is 18.6 Å². The number of likely N-dealkylation sites (N-methyl/N-ethyl adjacent to an activating group) is 2. The number of carbonyl (C=O) groups excluding carboxylic acids is 3. The maximum atomic E-state index is 12.0. The number of esters is 1. The molecular weight excluding hydrogens is 462 g/mol. The number of unbranched alkanes of at least 4 members (excludes halogenated alkanes) is 5. The van der Waals surface area contributed by atoms with Gasteiger partial charge in [0.2, 0.25) is 0 Å². The Morgan fingerprint density at radius 1 is 0.889 bits per heavy atom. The van der Waals surface area contributed by atoms with Crippen molar-refractivity contribution in [1.29, 1.82) is 0 Å². The van der Waals surface area contributed by atoms with Crippen LogP contribution in [0.3, 0.4) is 0 Å². The van der Waals surface area contributed by atoms with Crippen LogP contribution in [0.4, 0.5) is 4.79 Å². The van der Waals surface area contributed by atoms with Crippen LogP contribution in [0.15, 0.2) is 24.3 Å². The highest BCUT2D eigenvalue weighted by molar-refractivity contribution is 5.92. The van der Waals surface area contributed by atoms with Gasteiger partial charge in [-0.05, 0) is 59.3 Å². The third kappa shape index (κ3) is 13.9. The Hall–Kier alpha value is -2.81. The number of methoxy groups -OCH3 is 1.